The first-order valence-electron chi connectivity index (χ1n) is 3.84. The molecule has 1 aromatic heterocycles. The third-order valence-electron chi connectivity index (χ3n) is 1.45. The van der Waals surface area contributed by atoms with Crippen molar-refractivity contribution in [2.45, 2.75) is 6.42 Å². The van der Waals surface area contributed by atoms with Gasteiger partial charge in [0, 0.05) is 23.8 Å². The molecular formula is C8H11Cl2NS. The fourth-order valence-electron chi connectivity index (χ4n) is 0.890. The highest BCUT2D eigenvalue weighted by atomic mass is 35.5. The lowest BCUT2D eigenvalue weighted by Crippen LogP contribution is -2.18. The van der Waals surface area contributed by atoms with E-state index >= 15 is 0 Å². The van der Waals surface area contributed by atoms with Gasteiger partial charge in [-0.3, -0.25) is 0 Å². The number of hydrogen-bond acceptors (Lipinski definition) is 2. The van der Waals surface area contributed by atoms with Gasteiger partial charge in [-0.2, -0.15) is 0 Å². The molecule has 1 rings (SSSR count). The van der Waals surface area contributed by atoms with Gasteiger partial charge in [0.1, 0.15) is 0 Å². The third-order valence-corrected chi connectivity index (χ3v) is 2.93. The first-order chi connectivity index (χ1) is 5.83. The van der Waals surface area contributed by atoms with E-state index in [1.807, 2.05) is 6.07 Å². The van der Waals surface area contributed by atoms with Crippen molar-refractivity contribution in [3.63, 3.8) is 0 Å². The van der Waals surface area contributed by atoms with Crippen LogP contribution in [0.3, 0.4) is 0 Å². The molecule has 0 amide bonds. The summed E-state index contributed by atoms with van der Waals surface area (Å²) in [5.74, 6) is 0.672. The molecule has 0 aliphatic heterocycles. The molecule has 68 valence electrons. The lowest BCUT2D eigenvalue weighted by atomic mass is 10.3. The van der Waals surface area contributed by atoms with E-state index in [4.69, 9.17) is 23.2 Å². The predicted octanol–water partition coefficient (Wildman–Crippen LogP) is 2.77. The molecule has 1 aromatic rings. The molecule has 0 saturated heterocycles. The number of hydrogen-bond donors (Lipinski definition) is 1. The molecule has 0 saturated carbocycles. The van der Waals surface area contributed by atoms with E-state index in [9.17, 15) is 0 Å². The normalized spacial score (nSPS) is 10.5. The molecule has 0 aliphatic carbocycles. The Labute approximate surface area is 86.7 Å². The third kappa shape index (κ3) is 3.76. The minimum absolute atomic E-state index is 0.672. The predicted molar refractivity (Wildman–Crippen MR) is 56.6 cm³/mol. The quantitative estimate of drug-likeness (QED) is 0.599. The van der Waals surface area contributed by atoms with Crippen LogP contribution in [0.15, 0.2) is 12.1 Å². The summed E-state index contributed by atoms with van der Waals surface area (Å²) in [6.45, 7) is 1.85. The van der Waals surface area contributed by atoms with Gasteiger partial charge in [0.25, 0.3) is 0 Å². The SMILES string of the molecule is ClCCNCCc1ccc(Cl)s1. The van der Waals surface area contributed by atoms with Crippen molar-refractivity contribution < 1.29 is 0 Å². The Hall–Kier alpha value is 0.240. The van der Waals surface area contributed by atoms with Crippen molar-refractivity contribution in [3.8, 4) is 0 Å². The van der Waals surface area contributed by atoms with Gasteiger partial charge in [-0.25, -0.2) is 0 Å². The number of rotatable bonds is 5. The summed E-state index contributed by atoms with van der Waals surface area (Å²) >= 11 is 12.9. The van der Waals surface area contributed by atoms with Crippen molar-refractivity contribution in [2.24, 2.45) is 0 Å². The van der Waals surface area contributed by atoms with Crippen LogP contribution >= 0.6 is 34.5 Å². The molecule has 0 fully saturated rings. The van der Waals surface area contributed by atoms with Gasteiger partial charge >= 0.3 is 0 Å². The van der Waals surface area contributed by atoms with E-state index in [-0.39, 0.29) is 0 Å². The summed E-state index contributed by atoms with van der Waals surface area (Å²) in [5, 5.41) is 3.22. The summed E-state index contributed by atoms with van der Waals surface area (Å²) in [5.41, 5.74) is 0. The maximum atomic E-state index is 5.78. The zero-order chi connectivity index (χ0) is 8.81. The highest BCUT2D eigenvalue weighted by molar-refractivity contribution is 7.16. The van der Waals surface area contributed by atoms with Gasteiger partial charge in [-0.05, 0) is 18.6 Å². The largest absolute Gasteiger partial charge is 0.315 e. The lowest BCUT2D eigenvalue weighted by Gasteiger charge is -1.98. The van der Waals surface area contributed by atoms with E-state index in [2.05, 4.69) is 11.4 Å². The Morgan fingerprint density at radius 1 is 1.33 bits per heavy atom. The van der Waals surface area contributed by atoms with Crippen LogP contribution in [0.4, 0.5) is 0 Å². The fraction of sp³-hybridized carbons (Fsp3) is 0.500. The highest BCUT2D eigenvalue weighted by Gasteiger charge is 1.96. The van der Waals surface area contributed by atoms with E-state index in [1.54, 1.807) is 11.3 Å². The first-order valence-corrected chi connectivity index (χ1v) is 5.56. The maximum absolute atomic E-state index is 5.78. The van der Waals surface area contributed by atoms with Crippen molar-refractivity contribution in [1.82, 2.24) is 5.32 Å². The van der Waals surface area contributed by atoms with Crippen LogP contribution in [0.1, 0.15) is 4.88 Å². The molecule has 0 aromatic carbocycles. The average Bonchev–Trinajstić information content (AvgIpc) is 2.45. The molecule has 4 heteroatoms. The number of halogens is 2. The molecule has 1 heterocycles. The summed E-state index contributed by atoms with van der Waals surface area (Å²) < 4.78 is 0.863. The van der Waals surface area contributed by atoms with E-state index in [0.29, 0.717) is 5.88 Å². The Kier molecular flexibility index (Phi) is 5.00. The van der Waals surface area contributed by atoms with E-state index in [1.165, 1.54) is 4.88 Å². The van der Waals surface area contributed by atoms with Gasteiger partial charge in [-0.15, -0.1) is 22.9 Å². The van der Waals surface area contributed by atoms with Crippen molar-refractivity contribution in [2.75, 3.05) is 19.0 Å². The fourth-order valence-corrected chi connectivity index (χ4v) is 2.11. The number of thiophene rings is 1. The lowest BCUT2D eigenvalue weighted by molar-refractivity contribution is 0.724. The number of alkyl halides is 1. The van der Waals surface area contributed by atoms with Crippen LogP contribution in [0.5, 0.6) is 0 Å². The van der Waals surface area contributed by atoms with Crippen LogP contribution in [0.2, 0.25) is 4.34 Å². The van der Waals surface area contributed by atoms with Crippen molar-refractivity contribution in [3.05, 3.63) is 21.3 Å². The van der Waals surface area contributed by atoms with Crippen LogP contribution < -0.4 is 5.32 Å². The second kappa shape index (κ2) is 5.81. The minimum Gasteiger partial charge on any atom is -0.315 e. The van der Waals surface area contributed by atoms with Gasteiger partial charge in [0.15, 0.2) is 0 Å². The molecule has 0 spiro atoms. The van der Waals surface area contributed by atoms with Gasteiger partial charge < -0.3 is 5.32 Å². The molecule has 0 atom stereocenters. The summed E-state index contributed by atoms with van der Waals surface area (Å²) in [7, 11) is 0. The molecule has 0 radical (unpaired) electrons. The van der Waals surface area contributed by atoms with Gasteiger partial charge in [0.05, 0.1) is 4.34 Å². The topological polar surface area (TPSA) is 12.0 Å². The Bertz CT molecular complexity index is 225. The van der Waals surface area contributed by atoms with E-state index in [0.717, 1.165) is 23.8 Å². The first kappa shape index (κ1) is 10.3. The average molecular weight is 224 g/mol. The summed E-state index contributed by atoms with van der Waals surface area (Å²) in [4.78, 5) is 1.32. The van der Waals surface area contributed by atoms with Gasteiger partial charge in [0.2, 0.25) is 0 Å². The molecular weight excluding hydrogens is 213 g/mol. The zero-order valence-electron chi connectivity index (χ0n) is 6.65. The molecule has 0 aliphatic rings. The molecule has 12 heavy (non-hydrogen) atoms. The zero-order valence-corrected chi connectivity index (χ0v) is 8.98. The monoisotopic (exact) mass is 223 g/mol. The van der Waals surface area contributed by atoms with Crippen LogP contribution in [0.25, 0.3) is 0 Å². The second-order valence-corrected chi connectivity index (χ2v) is 4.57. The minimum atomic E-state index is 0.672. The maximum Gasteiger partial charge on any atom is 0.0931 e. The molecule has 1 nitrogen and oxygen atoms in total. The van der Waals surface area contributed by atoms with Crippen LogP contribution in [0, 0.1) is 0 Å². The molecule has 1 N–H and O–H groups in total. The summed E-state index contributed by atoms with van der Waals surface area (Å²) in [6.07, 6.45) is 1.04. The van der Waals surface area contributed by atoms with Crippen LogP contribution in [-0.2, 0) is 6.42 Å². The van der Waals surface area contributed by atoms with Crippen molar-refractivity contribution in [1.29, 1.82) is 0 Å². The Morgan fingerprint density at radius 3 is 2.75 bits per heavy atom. The number of nitrogens with one attached hydrogen (secondary N) is 1. The molecule has 0 bridgehead atoms. The Morgan fingerprint density at radius 2 is 2.17 bits per heavy atom. The van der Waals surface area contributed by atoms with Crippen LogP contribution in [-0.4, -0.2) is 19.0 Å². The smallest absolute Gasteiger partial charge is 0.0931 e. The molecule has 0 unspecified atom stereocenters. The Balaban J connectivity index is 2.15. The highest BCUT2D eigenvalue weighted by Crippen LogP contribution is 2.21. The van der Waals surface area contributed by atoms with E-state index < -0.39 is 0 Å². The second-order valence-electron chi connectivity index (χ2n) is 2.39. The standard InChI is InChI=1S/C8H11Cl2NS/c9-4-6-11-5-3-7-1-2-8(10)12-7/h1-2,11H,3-6H2. The van der Waals surface area contributed by atoms with Gasteiger partial charge in [-0.1, -0.05) is 11.6 Å². The van der Waals surface area contributed by atoms with Crippen molar-refractivity contribution >= 4 is 34.5 Å². The summed E-state index contributed by atoms with van der Waals surface area (Å²) in [6, 6.07) is 4.00.